The van der Waals surface area contributed by atoms with Gasteiger partial charge in [0.25, 0.3) is 11.6 Å². The number of benzene rings is 2. The first-order valence-electron chi connectivity index (χ1n) is 8.43. The van der Waals surface area contributed by atoms with Gasteiger partial charge < -0.3 is 10.6 Å². The Morgan fingerprint density at radius 2 is 2.00 bits per heavy atom. The van der Waals surface area contributed by atoms with Crippen LogP contribution in [0.3, 0.4) is 0 Å². The molecule has 2 rings (SSSR count). The molecule has 7 nitrogen and oxygen atoms in total. The summed E-state index contributed by atoms with van der Waals surface area (Å²) in [6.45, 7) is 1.84. The van der Waals surface area contributed by atoms with Crippen molar-refractivity contribution in [1.29, 1.82) is 0 Å². The second-order valence-electron chi connectivity index (χ2n) is 6.06. The van der Waals surface area contributed by atoms with E-state index < -0.39 is 16.9 Å². The molecule has 9 heteroatoms. The minimum Gasteiger partial charge on any atom is -0.340 e. The third kappa shape index (κ3) is 5.97. The minimum absolute atomic E-state index is 0.120. The lowest BCUT2D eigenvalue weighted by molar-refractivity contribution is -0.384. The summed E-state index contributed by atoms with van der Waals surface area (Å²) in [4.78, 5) is 35.6. The van der Waals surface area contributed by atoms with Gasteiger partial charge in [-0.15, -0.1) is 0 Å². The molecular weight excluding hydrogens is 402 g/mol. The van der Waals surface area contributed by atoms with Crippen LogP contribution < -0.4 is 10.6 Å². The fourth-order valence-corrected chi connectivity index (χ4v) is 3.10. The second kappa shape index (κ2) is 10.1. The van der Waals surface area contributed by atoms with Crippen molar-refractivity contribution in [2.24, 2.45) is 0 Å². The number of rotatable bonds is 8. The average Bonchev–Trinajstić information content (AvgIpc) is 2.67. The van der Waals surface area contributed by atoms with Crippen molar-refractivity contribution in [3.63, 3.8) is 0 Å². The van der Waals surface area contributed by atoms with Crippen LogP contribution in [-0.2, 0) is 4.79 Å². The van der Waals surface area contributed by atoms with Crippen molar-refractivity contribution in [2.45, 2.75) is 19.4 Å². The molecule has 1 atom stereocenters. The number of anilines is 1. The average molecular weight is 422 g/mol. The first-order chi connectivity index (χ1) is 13.3. The van der Waals surface area contributed by atoms with Gasteiger partial charge in [-0.25, -0.2) is 0 Å². The van der Waals surface area contributed by atoms with Gasteiger partial charge in [0.15, 0.2) is 0 Å². The molecule has 2 aromatic carbocycles. The summed E-state index contributed by atoms with van der Waals surface area (Å²) in [6, 6.07) is 9.74. The summed E-state index contributed by atoms with van der Waals surface area (Å²) in [7, 11) is 0. The van der Waals surface area contributed by atoms with Gasteiger partial charge in [0.1, 0.15) is 6.04 Å². The normalized spacial score (nSPS) is 11.5. The Labute approximate surface area is 172 Å². The maximum absolute atomic E-state index is 12.7. The predicted molar refractivity (Wildman–Crippen MR) is 112 cm³/mol. The lowest BCUT2D eigenvalue weighted by atomic mass is 10.1. The Morgan fingerprint density at radius 1 is 1.25 bits per heavy atom. The molecule has 0 bridgehead atoms. The van der Waals surface area contributed by atoms with Gasteiger partial charge in [-0.3, -0.25) is 19.7 Å². The molecule has 0 fully saturated rings. The number of hydrogen-bond acceptors (Lipinski definition) is 5. The van der Waals surface area contributed by atoms with E-state index >= 15 is 0 Å². The molecule has 0 aliphatic rings. The van der Waals surface area contributed by atoms with Crippen molar-refractivity contribution in [3.05, 3.63) is 68.7 Å². The van der Waals surface area contributed by atoms with E-state index in [0.717, 1.165) is 5.56 Å². The van der Waals surface area contributed by atoms with Gasteiger partial charge in [0.05, 0.1) is 4.92 Å². The van der Waals surface area contributed by atoms with Gasteiger partial charge in [0, 0.05) is 28.4 Å². The van der Waals surface area contributed by atoms with E-state index in [2.05, 4.69) is 10.6 Å². The van der Waals surface area contributed by atoms with E-state index in [1.54, 1.807) is 30.0 Å². The SMILES string of the molecule is CSCCC(NC(=O)c1cccc([N+](=O)[O-])c1)C(=O)Nc1cc(Cl)ccc1C. The standard InChI is InChI=1S/C19H20ClN3O4S/c1-12-6-7-14(20)11-17(12)22-19(25)16(8-9-28-2)21-18(24)13-4-3-5-15(10-13)23(26)27/h3-7,10-11,16H,8-9H2,1-2H3,(H,21,24)(H,22,25). The number of hydrogen-bond donors (Lipinski definition) is 2. The van der Waals surface area contributed by atoms with Crippen LogP contribution in [0.1, 0.15) is 22.3 Å². The fraction of sp³-hybridized carbons (Fsp3) is 0.263. The molecule has 0 aromatic heterocycles. The first-order valence-corrected chi connectivity index (χ1v) is 10.2. The summed E-state index contributed by atoms with van der Waals surface area (Å²) in [5.74, 6) is -0.270. The highest BCUT2D eigenvalue weighted by Crippen LogP contribution is 2.21. The molecule has 2 aromatic rings. The molecule has 0 saturated heterocycles. The Balaban J connectivity index is 2.17. The number of carbonyl (C=O) groups excluding carboxylic acids is 2. The number of aryl methyl sites for hydroxylation is 1. The Kier molecular flexibility index (Phi) is 7.83. The number of carbonyl (C=O) groups is 2. The van der Waals surface area contributed by atoms with Gasteiger partial charge >= 0.3 is 0 Å². The van der Waals surface area contributed by atoms with Crippen LogP contribution in [-0.4, -0.2) is 34.8 Å². The van der Waals surface area contributed by atoms with Crippen LogP contribution in [0.5, 0.6) is 0 Å². The number of thioether (sulfide) groups is 1. The molecule has 0 saturated carbocycles. The number of nitrogens with one attached hydrogen (secondary N) is 2. The number of nitrogens with zero attached hydrogens (tertiary/aromatic N) is 1. The first kappa shape index (κ1) is 21.7. The van der Waals surface area contributed by atoms with Gasteiger partial charge in [0.2, 0.25) is 5.91 Å². The lowest BCUT2D eigenvalue weighted by Gasteiger charge is -2.19. The number of amides is 2. The van der Waals surface area contributed by atoms with Crippen molar-refractivity contribution >= 4 is 46.6 Å². The number of halogens is 1. The second-order valence-corrected chi connectivity index (χ2v) is 7.49. The van der Waals surface area contributed by atoms with Crippen molar-refractivity contribution in [2.75, 3.05) is 17.3 Å². The lowest BCUT2D eigenvalue weighted by Crippen LogP contribution is -2.44. The predicted octanol–water partition coefficient (Wildman–Crippen LogP) is 4.05. The summed E-state index contributed by atoms with van der Waals surface area (Å²) in [5.41, 5.74) is 1.34. The number of non-ortho nitro benzene ring substituents is 1. The van der Waals surface area contributed by atoms with Crippen LogP contribution in [0.25, 0.3) is 0 Å². The van der Waals surface area contributed by atoms with Gasteiger partial charge in [-0.2, -0.15) is 11.8 Å². The zero-order valence-corrected chi connectivity index (χ0v) is 17.0. The van der Waals surface area contributed by atoms with E-state index in [4.69, 9.17) is 11.6 Å². The van der Waals surface area contributed by atoms with Crippen LogP contribution in [0.15, 0.2) is 42.5 Å². The van der Waals surface area contributed by atoms with Crippen molar-refractivity contribution in [1.82, 2.24) is 5.32 Å². The zero-order valence-electron chi connectivity index (χ0n) is 15.4. The van der Waals surface area contributed by atoms with E-state index in [1.165, 1.54) is 24.3 Å². The van der Waals surface area contributed by atoms with Crippen LogP contribution in [0, 0.1) is 17.0 Å². The Morgan fingerprint density at radius 3 is 2.68 bits per heavy atom. The Hall–Kier alpha value is -2.58. The highest BCUT2D eigenvalue weighted by Gasteiger charge is 2.22. The molecule has 28 heavy (non-hydrogen) atoms. The monoisotopic (exact) mass is 421 g/mol. The number of nitro benzene ring substituents is 1. The third-order valence-corrected chi connectivity index (χ3v) is 4.89. The summed E-state index contributed by atoms with van der Waals surface area (Å²) < 4.78 is 0. The molecular formula is C19H20ClN3O4S. The van der Waals surface area contributed by atoms with Gasteiger partial charge in [-0.05, 0) is 49.1 Å². The molecule has 0 heterocycles. The van der Waals surface area contributed by atoms with Crippen molar-refractivity contribution < 1.29 is 14.5 Å². The molecule has 0 aliphatic heterocycles. The highest BCUT2D eigenvalue weighted by atomic mass is 35.5. The summed E-state index contributed by atoms with van der Waals surface area (Å²) >= 11 is 7.54. The topological polar surface area (TPSA) is 101 Å². The maximum Gasteiger partial charge on any atom is 0.270 e. The minimum atomic E-state index is -0.794. The highest BCUT2D eigenvalue weighted by molar-refractivity contribution is 7.98. The van der Waals surface area contributed by atoms with Gasteiger partial charge in [-0.1, -0.05) is 23.7 Å². The van der Waals surface area contributed by atoms with Crippen LogP contribution >= 0.6 is 23.4 Å². The largest absolute Gasteiger partial charge is 0.340 e. The van der Waals surface area contributed by atoms with E-state index in [-0.39, 0.29) is 17.2 Å². The molecule has 2 N–H and O–H groups in total. The summed E-state index contributed by atoms with van der Waals surface area (Å²) in [5, 5.41) is 16.9. The molecule has 2 amide bonds. The quantitative estimate of drug-likeness (QED) is 0.494. The third-order valence-electron chi connectivity index (χ3n) is 4.01. The maximum atomic E-state index is 12.7. The summed E-state index contributed by atoms with van der Waals surface area (Å²) in [6.07, 6.45) is 2.31. The zero-order chi connectivity index (χ0) is 20.7. The smallest absolute Gasteiger partial charge is 0.270 e. The van der Waals surface area contributed by atoms with Crippen LogP contribution in [0.4, 0.5) is 11.4 Å². The molecule has 0 spiro atoms. The van der Waals surface area contributed by atoms with Crippen molar-refractivity contribution in [3.8, 4) is 0 Å². The number of nitro groups is 1. The molecule has 0 aliphatic carbocycles. The van der Waals surface area contributed by atoms with Crippen LogP contribution in [0.2, 0.25) is 5.02 Å². The molecule has 0 radical (unpaired) electrons. The Bertz CT molecular complexity index is 891. The van der Waals surface area contributed by atoms with E-state index in [9.17, 15) is 19.7 Å². The molecule has 148 valence electrons. The van der Waals surface area contributed by atoms with E-state index in [0.29, 0.717) is 22.9 Å². The van der Waals surface area contributed by atoms with E-state index in [1.807, 2.05) is 13.2 Å². The molecule has 1 unspecified atom stereocenters. The fourth-order valence-electron chi connectivity index (χ4n) is 2.46.